The molecule has 0 fully saturated rings. The van der Waals surface area contributed by atoms with Crippen LogP contribution in [0.25, 0.3) is 27.5 Å². The number of esters is 1. The number of carbonyl (C=O) groups excluding carboxylic acids is 1. The first-order chi connectivity index (χ1) is 18.2. The molecular formula is C27H26N5O4PS. The summed E-state index contributed by atoms with van der Waals surface area (Å²) in [4.78, 5) is 21.8. The number of aromatic nitrogens is 4. The number of fused-ring (bicyclic) bond motifs is 1. The summed E-state index contributed by atoms with van der Waals surface area (Å²) in [5.41, 5.74) is 6.11. The number of ether oxygens (including phenoxy) is 1. The van der Waals surface area contributed by atoms with Crippen molar-refractivity contribution in [1.29, 1.82) is 0 Å². The molecule has 5 rings (SSSR count). The summed E-state index contributed by atoms with van der Waals surface area (Å²) in [6.07, 6.45) is 1.76. The molecule has 0 aliphatic heterocycles. The number of carbonyl (C=O) groups is 1. The Morgan fingerprint density at radius 3 is 2.39 bits per heavy atom. The number of benzene rings is 2. The third-order valence-corrected chi connectivity index (χ3v) is 9.39. The number of hydrogen-bond acceptors (Lipinski definition) is 8. The lowest BCUT2D eigenvalue weighted by atomic mass is 10.1. The van der Waals surface area contributed by atoms with Crippen LogP contribution in [0.5, 0.6) is 0 Å². The predicted octanol–water partition coefficient (Wildman–Crippen LogP) is 5.81. The van der Waals surface area contributed by atoms with Gasteiger partial charge in [-0.3, -0.25) is 9.65 Å². The number of methoxy groups -OCH3 is 1. The van der Waals surface area contributed by atoms with E-state index in [1.807, 2.05) is 69.3 Å². The number of aryl methyl sites for hydroxylation is 3. The molecule has 3 heterocycles. The Balaban J connectivity index is 1.50. The summed E-state index contributed by atoms with van der Waals surface area (Å²) >= 11 is 1.15. The van der Waals surface area contributed by atoms with E-state index in [2.05, 4.69) is 20.2 Å². The van der Waals surface area contributed by atoms with Gasteiger partial charge in [-0.15, -0.1) is 11.3 Å². The van der Waals surface area contributed by atoms with Gasteiger partial charge in [0.15, 0.2) is 16.3 Å². The van der Waals surface area contributed by atoms with Crippen LogP contribution >= 0.6 is 18.9 Å². The molecule has 0 radical (unpaired) electrons. The van der Waals surface area contributed by atoms with Gasteiger partial charge in [0.2, 0.25) is 0 Å². The third-order valence-electron chi connectivity index (χ3n) is 6.15. The van der Waals surface area contributed by atoms with Crippen molar-refractivity contribution in [3.05, 3.63) is 82.5 Å². The Kier molecular flexibility index (Phi) is 6.88. The predicted molar refractivity (Wildman–Crippen MR) is 149 cm³/mol. The van der Waals surface area contributed by atoms with E-state index < -0.39 is 13.5 Å². The van der Waals surface area contributed by atoms with E-state index >= 15 is 0 Å². The Bertz CT molecular complexity index is 1710. The van der Waals surface area contributed by atoms with Gasteiger partial charge in [0.25, 0.3) is 0 Å². The van der Waals surface area contributed by atoms with Crippen molar-refractivity contribution >= 4 is 41.6 Å². The minimum atomic E-state index is -3.58. The highest BCUT2D eigenvalue weighted by atomic mass is 32.1. The Hall–Kier alpha value is -3.85. The van der Waals surface area contributed by atoms with E-state index in [1.54, 1.807) is 16.8 Å². The molecule has 0 aliphatic rings. The van der Waals surface area contributed by atoms with Crippen LogP contribution in [0.3, 0.4) is 0 Å². The van der Waals surface area contributed by atoms with Gasteiger partial charge in [0, 0.05) is 36.2 Å². The average molecular weight is 548 g/mol. The average Bonchev–Trinajstić information content (AvgIpc) is 3.54. The molecule has 3 aromatic heterocycles. The van der Waals surface area contributed by atoms with E-state index in [0.29, 0.717) is 10.3 Å². The van der Waals surface area contributed by atoms with Crippen LogP contribution in [0.1, 0.15) is 26.5 Å². The molecule has 0 spiro atoms. The quantitative estimate of drug-likeness (QED) is 0.201. The lowest BCUT2D eigenvalue weighted by molar-refractivity contribution is 0.0607. The maximum Gasteiger partial charge on any atom is 0.351 e. The molecule has 0 aliphatic carbocycles. The van der Waals surface area contributed by atoms with Crippen molar-refractivity contribution in [2.45, 2.75) is 20.8 Å². The summed E-state index contributed by atoms with van der Waals surface area (Å²) in [5, 5.41) is 8.66. The molecule has 5 aromatic rings. The lowest BCUT2D eigenvalue weighted by Gasteiger charge is -2.20. The van der Waals surface area contributed by atoms with Gasteiger partial charge >= 0.3 is 13.5 Å². The minimum absolute atomic E-state index is 0.146. The molecule has 0 saturated carbocycles. The largest absolute Gasteiger partial charge is 0.465 e. The fourth-order valence-corrected chi connectivity index (χ4v) is 6.84. The van der Waals surface area contributed by atoms with Gasteiger partial charge in [-0.05, 0) is 38.5 Å². The zero-order valence-corrected chi connectivity index (χ0v) is 23.3. The van der Waals surface area contributed by atoms with Crippen molar-refractivity contribution in [2.75, 3.05) is 19.3 Å². The second-order valence-corrected chi connectivity index (χ2v) is 12.0. The molecule has 1 atom stereocenters. The number of nitrogens with one attached hydrogen (secondary N) is 1. The maximum atomic E-state index is 13.9. The zero-order valence-electron chi connectivity index (χ0n) is 21.6. The standard InChI is InChI=1S/C27H26N5O4PS/c1-16-6-11-22(17(2)14-16)37(34,36-5)31-25-24(27(33)35-4)38-26(29-25)20-9-7-19(8-10-20)21-15-23-28-13-12-18(3)32(23)30-21/h6-15H,1-5H3,(H,31,34). The highest BCUT2D eigenvalue weighted by molar-refractivity contribution is 7.68. The van der Waals surface area contributed by atoms with E-state index in [-0.39, 0.29) is 10.7 Å². The fourth-order valence-electron chi connectivity index (χ4n) is 4.17. The summed E-state index contributed by atoms with van der Waals surface area (Å²) < 4.78 is 26.1. The lowest BCUT2D eigenvalue weighted by Crippen LogP contribution is -2.17. The molecule has 9 nitrogen and oxygen atoms in total. The fraction of sp³-hybridized carbons (Fsp3) is 0.185. The molecule has 0 amide bonds. The van der Waals surface area contributed by atoms with Gasteiger partial charge < -0.3 is 9.26 Å². The second-order valence-electron chi connectivity index (χ2n) is 8.79. The van der Waals surface area contributed by atoms with Crippen LogP contribution in [0.2, 0.25) is 0 Å². The maximum absolute atomic E-state index is 13.9. The SMILES string of the molecule is COC(=O)c1sc(-c2ccc(-c3cc4nccc(C)n4n3)cc2)nc1NP(=O)(OC)c1ccc(C)cc1C. The van der Waals surface area contributed by atoms with E-state index in [0.717, 1.165) is 50.6 Å². The van der Waals surface area contributed by atoms with Crippen molar-refractivity contribution in [3.8, 4) is 21.8 Å². The van der Waals surface area contributed by atoms with Crippen LogP contribution in [0.4, 0.5) is 5.82 Å². The first-order valence-electron chi connectivity index (χ1n) is 11.8. The zero-order chi connectivity index (χ0) is 27.0. The molecule has 2 aromatic carbocycles. The molecule has 11 heteroatoms. The van der Waals surface area contributed by atoms with Crippen LogP contribution in [-0.4, -0.2) is 39.8 Å². The van der Waals surface area contributed by atoms with Gasteiger partial charge in [-0.1, -0.05) is 42.0 Å². The second kappa shape index (κ2) is 10.1. The Morgan fingerprint density at radius 1 is 1.00 bits per heavy atom. The molecule has 0 bridgehead atoms. The summed E-state index contributed by atoms with van der Waals surface area (Å²) in [6.45, 7) is 5.80. The summed E-state index contributed by atoms with van der Waals surface area (Å²) in [5.74, 6) is -0.434. The van der Waals surface area contributed by atoms with Crippen molar-refractivity contribution < 1.29 is 18.6 Å². The topological polar surface area (TPSA) is 108 Å². The van der Waals surface area contributed by atoms with Gasteiger partial charge in [-0.2, -0.15) is 5.10 Å². The van der Waals surface area contributed by atoms with Gasteiger partial charge in [0.1, 0.15) is 5.01 Å². The smallest absolute Gasteiger partial charge is 0.351 e. The first kappa shape index (κ1) is 25.8. The number of nitrogens with zero attached hydrogens (tertiary/aromatic N) is 4. The summed E-state index contributed by atoms with van der Waals surface area (Å²) in [6, 6.07) is 17.1. The van der Waals surface area contributed by atoms with Crippen molar-refractivity contribution in [1.82, 2.24) is 19.6 Å². The minimum Gasteiger partial charge on any atom is -0.465 e. The third kappa shape index (κ3) is 4.74. The number of anilines is 1. The highest BCUT2D eigenvalue weighted by Crippen LogP contribution is 2.47. The van der Waals surface area contributed by atoms with E-state index in [9.17, 15) is 9.36 Å². The molecular weight excluding hydrogens is 521 g/mol. The van der Waals surface area contributed by atoms with Crippen LogP contribution in [-0.2, 0) is 13.8 Å². The summed E-state index contributed by atoms with van der Waals surface area (Å²) in [7, 11) is -0.918. The van der Waals surface area contributed by atoms with Crippen LogP contribution in [0, 0.1) is 20.8 Å². The Labute approximate surface area is 224 Å². The highest BCUT2D eigenvalue weighted by Gasteiger charge is 2.31. The number of rotatable bonds is 7. The normalized spacial score (nSPS) is 12.9. The molecule has 1 unspecified atom stereocenters. The first-order valence-corrected chi connectivity index (χ1v) is 14.2. The van der Waals surface area contributed by atoms with E-state index in [1.165, 1.54) is 14.2 Å². The molecule has 194 valence electrons. The Morgan fingerprint density at radius 2 is 1.74 bits per heavy atom. The van der Waals surface area contributed by atoms with Crippen molar-refractivity contribution in [2.24, 2.45) is 0 Å². The van der Waals surface area contributed by atoms with Crippen LogP contribution < -0.4 is 10.4 Å². The molecule has 1 N–H and O–H groups in total. The van der Waals surface area contributed by atoms with Gasteiger partial charge in [-0.25, -0.2) is 19.3 Å². The molecule has 0 saturated heterocycles. The van der Waals surface area contributed by atoms with Crippen molar-refractivity contribution in [3.63, 3.8) is 0 Å². The van der Waals surface area contributed by atoms with Crippen LogP contribution in [0.15, 0.2) is 60.8 Å². The number of thiazole rings is 1. The monoisotopic (exact) mass is 547 g/mol. The molecule has 38 heavy (non-hydrogen) atoms. The number of hydrogen-bond donors (Lipinski definition) is 1. The van der Waals surface area contributed by atoms with E-state index in [4.69, 9.17) is 9.26 Å². The van der Waals surface area contributed by atoms with Gasteiger partial charge in [0.05, 0.1) is 18.1 Å².